The second-order valence-electron chi connectivity index (χ2n) is 8.37. The van der Waals surface area contributed by atoms with Gasteiger partial charge in [-0.1, -0.05) is 35.3 Å². The summed E-state index contributed by atoms with van der Waals surface area (Å²) in [5.74, 6) is -0.375. The number of nitrogens with zero attached hydrogens (tertiary/aromatic N) is 1. The van der Waals surface area contributed by atoms with Gasteiger partial charge in [-0.15, -0.1) is 0 Å². The molecule has 3 N–H and O–H groups in total. The van der Waals surface area contributed by atoms with Crippen molar-refractivity contribution in [1.82, 2.24) is 10.7 Å². The summed E-state index contributed by atoms with van der Waals surface area (Å²) in [6.45, 7) is -0.0910. The number of carbonyl (C=O) groups is 3. The zero-order valence-corrected chi connectivity index (χ0v) is 26.4. The number of halogens is 3. The topological polar surface area (TPSA) is 137 Å². The fourth-order valence-corrected chi connectivity index (χ4v) is 4.66. The predicted molar refractivity (Wildman–Crippen MR) is 168 cm³/mol. The lowest BCUT2D eigenvalue weighted by Gasteiger charge is -2.14. The Morgan fingerprint density at radius 2 is 1.67 bits per heavy atom. The van der Waals surface area contributed by atoms with E-state index in [4.69, 9.17) is 42.1 Å². The van der Waals surface area contributed by atoms with Crippen LogP contribution in [0.25, 0.3) is 0 Å². The van der Waals surface area contributed by atoms with Gasteiger partial charge in [0, 0.05) is 6.54 Å². The van der Waals surface area contributed by atoms with Crippen LogP contribution in [0.3, 0.4) is 0 Å². The zero-order valence-electron chi connectivity index (χ0n) is 22.8. The molecule has 11 nitrogen and oxygen atoms in total. The van der Waals surface area contributed by atoms with Crippen LogP contribution in [0.15, 0.2) is 53.6 Å². The number of ether oxygens (including phenoxy) is 4. The minimum Gasteiger partial charge on any atom is -0.493 e. The van der Waals surface area contributed by atoms with Crippen molar-refractivity contribution in [2.75, 3.05) is 39.8 Å². The number of methoxy groups -OCH3 is 3. The van der Waals surface area contributed by atoms with E-state index in [0.717, 1.165) is 5.56 Å². The Morgan fingerprint density at radius 1 is 0.929 bits per heavy atom. The molecule has 0 aliphatic heterocycles. The standard InChI is InChI=1S/C28H27Cl2IN4O7/c1-39-21-8-7-16(12-22(21)40-2)9-10-32-27(37)28(38)35-33-14-17-11-19(31)26(23(13-17)41-3)42-15-24(36)34-20-6-4-5-18(29)25(20)30/h4-8,11-14H,9-10,15H2,1-3H3,(H,32,37)(H,34,36)(H,35,38)/b33-14-. The van der Waals surface area contributed by atoms with Crippen LogP contribution in [0.4, 0.5) is 5.69 Å². The zero-order chi connectivity index (χ0) is 30.6. The van der Waals surface area contributed by atoms with Crippen LogP contribution in [-0.4, -0.2) is 58.4 Å². The molecule has 3 aromatic carbocycles. The third-order valence-electron chi connectivity index (χ3n) is 5.56. The van der Waals surface area contributed by atoms with Crippen LogP contribution in [0.2, 0.25) is 10.0 Å². The van der Waals surface area contributed by atoms with Crippen molar-refractivity contribution in [2.24, 2.45) is 5.10 Å². The Labute approximate surface area is 266 Å². The van der Waals surface area contributed by atoms with Gasteiger partial charge in [-0.25, -0.2) is 5.43 Å². The smallest absolute Gasteiger partial charge is 0.329 e. The molecule has 3 amide bonds. The molecular formula is C28H27Cl2IN4O7. The second kappa shape index (κ2) is 16.0. The van der Waals surface area contributed by atoms with E-state index in [1.165, 1.54) is 20.4 Å². The average Bonchev–Trinajstić information content (AvgIpc) is 2.98. The van der Waals surface area contributed by atoms with Crippen LogP contribution in [0, 0.1) is 3.57 Å². The lowest BCUT2D eigenvalue weighted by Crippen LogP contribution is -2.38. The highest BCUT2D eigenvalue weighted by atomic mass is 127. The van der Waals surface area contributed by atoms with Crippen LogP contribution in [-0.2, 0) is 20.8 Å². The minimum absolute atomic E-state index is 0.225. The van der Waals surface area contributed by atoms with Crippen molar-refractivity contribution in [2.45, 2.75) is 6.42 Å². The number of benzene rings is 3. The molecule has 0 radical (unpaired) electrons. The van der Waals surface area contributed by atoms with Crippen molar-refractivity contribution in [3.63, 3.8) is 0 Å². The lowest BCUT2D eigenvalue weighted by atomic mass is 10.1. The van der Waals surface area contributed by atoms with E-state index >= 15 is 0 Å². The number of nitrogens with one attached hydrogen (secondary N) is 3. The second-order valence-corrected chi connectivity index (χ2v) is 10.3. The number of hydrogen-bond acceptors (Lipinski definition) is 8. The van der Waals surface area contributed by atoms with Crippen LogP contribution in [0.5, 0.6) is 23.0 Å². The Kier molecular flexibility index (Phi) is 12.5. The Morgan fingerprint density at radius 3 is 2.38 bits per heavy atom. The molecule has 0 unspecified atom stereocenters. The summed E-state index contributed by atoms with van der Waals surface area (Å²) >= 11 is 14.1. The van der Waals surface area contributed by atoms with Gasteiger partial charge in [0.1, 0.15) is 0 Å². The molecule has 0 atom stereocenters. The van der Waals surface area contributed by atoms with Crippen molar-refractivity contribution < 1.29 is 33.3 Å². The van der Waals surface area contributed by atoms with E-state index in [-0.39, 0.29) is 18.2 Å². The number of anilines is 1. The number of hydrazone groups is 1. The molecule has 0 spiro atoms. The van der Waals surface area contributed by atoms with Gasteiger partial charge in [-0.3, -0.25) is 14.4 Å². The van der Waals surface area contributed by atoms with E-state index in [9.17, 15) is 14.4 Å². The SMILES string of the molecule is COc1ccc(CCNC(=O)C(=O)N/N=C\c2cc(I)c(OCC(=O)Nc3cccc(Cl)c3Cl)c(OC)c2)cc1OC. The summed E-state index contributed by atoms with van der Waals surface area (Å²) in [6.07, 6.45) is 1.82. The van der Waals surface area contributed by atoms with Gasteiger partial charge in [-0.05, 0) is 76.5 Å². The maximum atomic E-state index is 12.4. The molecular weight excluding hydrogens is 702 g/mol. The van der Waals surface area contributed by atoms with Gasteiger partial charge in [0.25, 0.3) is 5.91 Å². The normalized spacial score (nSPS) is 10.6. The third kappa shape index (κ3) is 9.13. The molecule has 3 aromatic rings. The first-order valence-corrected chi connectivity index (χ1v) is 14.1. The van der Waals surface area contributed by atoms with E-state index in [0.29, 0.717) is 49.3 Å². The molecule has 14 heteroatoms. The first-order valence-electron chi connectivity index (χ1n) is 12.2. The van der Waals surface area contributed by atoms with E-state index in [2.05, 4.69) is 21.2 Å². The first kappa shape index (κ1) is 32.8. The van der Waals surface area contributed by atoms with Crippen molar-refractivity contribution in [1.29, 1.82) is 0 Å². The van der Waals surface area contributed by atoms with Crippen molar-refractivity contribution >= 4 is 75.4 Å². The van der Waals surface area contributed by atoms with Gasteiger partial charge < -0.3 is 29.6 Å². The molecule has 0 saturated carbocycles. The highest BCUT2D eigenvalue weighted by Gasteiger charge is 2.16. The first-order chi connectivity index (χ1) is 20.2. The number of carbonyl (C=O) groups excluding carboxylic acids is 3. The number of hydrogen-bond donors (Lipinski definition) is 3. The fourth-order valence-electron chi connectivity index (χ4n) is 3.53. The third-order valence-corrected chi connectivity index (χ3v) is 7.18. The predicted octanol–water partition coefficient (Wildman–Crippen LogP) is 4.45. The van der Waals surface area contributed by atoms with Gasteiger partial charge in [-0.2, -0.15) is 5.10 Å². The maximum absolute atomic E-state index is 12.4. The molecule has 222 valence electrons. The highest BCUT2D eigenvalue weighted by molar-refractivity contribution is 14.1. The van der Waals surface area contributed by atoms with E-state index < -0.39 is 17.7 Å². The van der Waals surface area contributed by atoms with Crippen molar-refractivity contribution in [3.8, 4) is 23.0 Å². The molecule has 0 saturated heterocycles. The van der Waals surface area contributed by atoms with Crippen molar-refractivity contribution in [3.05, 3.63) is 73.3 Å². The minimum atomic E-state index is -0.925. The molecule has 3 rings (SSSR count). The monoisotopic (exact) mass is 728 g/mol. The average molecular weight is 729 g/mol. The van der Waals surface area contributed by atoms with Crippen LogP contribution in [0.1, 0.15) is 11.1 Å². The largest absolute Gasteiger partial charge is 0.493 e. The maximum Gasteiger partial charge on any atom is 0.329 e. The van der Waals surface area contributed by atoms with E-state index in [1.807, 2.05) is 28.7 Å². The van der Waals surface area contributed by atoms with Crippen LogP contribution >= 0.6 is 45.8 Å². The summed E-state index contributed by atoms with van der Waals surface area (Å²) in [4.78, 5) is 36.7. The lowest BCUT2D eigenvalue weighted by molar-refractivity contribution is -0.139. The van der Waals surface area contributed by atoms with E-state index in [1.54, 1.807) is 49.6 Å². The molecule has 0 heterocycles. The number of rotatable bonds is 12. The summed E-state index contributed by atoms with van der Waals surface area (Å²) in [5, 5.41) is 9.57. The van der Waals surface area contributed by atoms with Gasteiger partial charge in [0.05, 0.1) is 46.8 Å². The molecule has 0 aliphatic rings. The molecule has 42 heavy (non-hydrogen) atoms. The Balaban J connectivity index is 1.51. The summed E-state index contributed by atoms with van der Waals surface area (Å²) < 4.78 is 22.2. The fraction of sp³-hybridized carbons (Fsp3) is 0.214. The Bertz CT molecular complexity index is 1490. The summed E-state index contributed by atoms with van der Waals surface area (Å²) in [7, 11) is 4.53. The molecule has 0 fully saturated rings. The highest BCUT2D eigenvalue weighted by Crippen LogP contribution is 2.34. The summed E-state index contributed by atoms with van der Waals surface area (Å²) in [5.41, 5.74) is 4.00. The van der Waals surface area contributed by atoms with Crippen LogP contribution < -0.4 is 35.0 Å². The van der Waals surface area contributed by atoms with Gasteiger partial charge in [0.15, 0.2) is 29.6 Å². The quantitative estimate of drug-likeness (QED) is 0.109. The molecule has 0 aliphatic carbocycles. The Hall–Kier alpha value is -3.75. The molecule has 0 aromatic heterocycles. The summed E-state index contributed by atoms with van der Waals surface area (Å²) in [6, 6.07) is 13.6. The van der Waals surface area contributed by atoms with Gasteiger partial charge in [0.2, 0.25) is 0 Å². The number of amides is 3. The molecule has 0 bridgehead atoms. The van der Waals surface area contributed by atoms with Gasteiger partial charge >= 0.3 is 11.8 Å².